The Balaban J connectivity index is 1.84. The van der Waals surface area contributed by atoms with Crippen molar-refractivity contribution < 1.29 is 24.1 Å². The number of carbonyl (C=O) groups excluding carboxylic acids is 1. The number of imidazole rings is 1. The SMILES string of the molecule is CCOc1cc(C(=O)O[C@H](C)/C(O)=C(\C#N)c2nc3ccccc3[nH]2)ccc1OC. The summed E-state index contributed by atoms with van der Waals surface area (Å²) in [6.07, 6.45) is -1.07. The van der Waals surface area contributed by atoms with Crippen LogP contribution >= 0.6 is 0 Å². The van der Waals surface area contributed by atoms with Crippen molar-refractivity contribution in [2.45, 2.75) is 20.0 Å². The zero-order chi connectivity index (χ0) is 21.7. The van der Waals surface area contributed by atoms with E-state index in [1.165, 1.54) is 26.2 Å². The van der Waals surface area contributed by atoms with E-state index < -0.39 is 17.8 Å². The van der Waals surface area contributed by atoms with Gasteiger partial charge < -0.3 is 24.3 Å². The predicted molar refractivity (Wildman–Crippen MR) is 110 cm³/mol. The quantitative estimate of drug-likeness (QED) is 0.345. The third-order valence-electron chi connectivity index (χ3n) is 4.36. The number of hydrogen-bond donors (Lipinski definition) is 2. The van der Waals surface area contributed by atoms with Crippen molar-refractivity contribution >= 4 is 22.6 Å². The van der Waals surface area contributed by atoms with Crippen molar-refractivity contribution in [1.29, 1.82) is 5.26 Å². The number of para-hydroxylation sites is 2. The van der Waals surface area contributed by atoms with Crippen LogP contribution in [0.15, 0.2) is 48.2 Å². The van der Waals surface area contributed by atoms with Crippen LogP contribution in [0.1, 0.15) is 30.0 Å². The average molecular weight is 407 g/mol. The fourth-order valence-electron chi connectivity index (χ4n) is 2.86. The number of rotatable bonds is 7. The number of hydrogen-bond acceptors (Lipinski definition) is 7. The maximum Gasteiger partial charge on any atom is 0.338 e. The molecular formula is C22H21N3O5. The highest BCUT2D eigenvalue weighted by Crippen LogP contribution is 2.29. The van der Waals surface area contributed by atoms with Crippen LogP contribution < -0.4 is 9.47 Å². The van der Waals surface area contributed by atoms with Gasteiger partial charge in [-0.2, -0.15) is 5.26 Å². The van der Waals surface area contributed by atoms with Gasteiger partial charge in [0.05, 0.1) is 30.3 Å². The van der Waals surface area contributed by atoms with Gasteiger partial charge in [0.1, 0.15) is 11.6 Å². The number of ether oxygens (including phenoxy) is 3. The molecule has 30 heavy (non-hydrogen) atoms. The molecule has 0 radical (unpaired) electrons. The maximum absolute atomic E-state index is 12.5. The normalized spacial score (nSPS) is 12.6. The average Bonchev–Trinajstić information content (AvgIpc) is 3.18. The Hall–Kier alpha value is -3.99. The van der Waals surface area contributed by atoms with Crippen molar-refractivity contribution in [3.05, 3.63) is 59.6 Å². The molecule has 0 aliphatic heterocycles. The first-order valence-corrected chi connectivity index (χ1v) is 9.28. The molecule has 0 bridgehead atoms. The Labute approximate surface area is 173 Å². The number of fused-ring (bicyclic) bond motifs is 1. The number of benzene rings is 2. The summed E-state index contributed by atoms with van der Waals surface area (Å²) in [5.41, 5.74) is 1.50. The van der Waals surface area contributed by atoms with Crippen molar-refractivity contribution in [2.75, 3.05) is 13.7 Å². The number of aliphatic hydroxyl groups is 1. The lowest BCUT2D eigenvalue weighted by molar-refractivity contribution is 0.0333. The van der Waals surface area contributed by atoms with Gasteiger partial charge in [-0.15, -0.1) is 0 Å². The minimum absolute atomic E-state index is 0.101. The number of nitrogens with one attached hydrogen (secondary N) is 1. The van der Waals surface area contributed by atoms with Crippen LogP contribution in [0, 0.1) is 11.3 Å². The molecule has 8 nitrogen and oxygen atoms in total. The third-order valence-corrected chi connectivity index (χ3v) is 4.36. The van der Waals surface area contributed by atoms with Crippen LogP contribution in [0.3, 0.4) is 0 Å². The highest BCUT2D eigenvalue weighted by atomic mass is 16.6. The molecule has 0 spiro atoms. The topological polar surface area (TPSA) is 117 Å². The lowest BCUT2D eigenvalue weighted by Crippen LogP contribution is -2.18. The molecule has 154 valence electrons. The van der Waals surface area contributed by atoms with Gasteiger partial charge in [0.2, 0.25) is 0 Å². The molecule has 0 saturated heterocycles. The molecule has 1 aromatic heterocycles. The van der Waals surface area contributed by atoms with E-state index in [0.29, 0.717) is 23.6 Å². The van der Waals surface area contributed by atoms with Gasteiger partial charge in [-0.05, 0) is 44.2 Å². The molecule has 0 aliphatic carbocycles. The molecule has 3 rings (SSSR count). The highest BCUT2D eigenvalue weighted by Gasteiger charge is 2.22. The number of aromatic amines is 1. The lowest BCUT2D eigenvalue weighted by atomic mass is 10.1. The van der Waals surface area contributed by atoms with Gasteiger partial charge in [-0.1, -0.05) is 12.1 Å². The molecular weight excluding hydrogens is 386 g/mol. The summed E-state index contributed by atoms with van der Waals surface area (Å²) >= 11 is 0. The number of nitriles is 1. The molecule has 1 atom stereocenters. The second kappa shape index (κ2) is 9.01. The van der Waals surface area contributed by atoms with Gasteiger partial charge in [0, 0.05) is 0 Å². The summed E-state index contributed by atoms with van der Waals surface area (Å²) in [4.78, 5) is 19.8. The van der Waals surface area contributed by atoms with Crippen LogP contribution in [0.25, 0.3) is 16.6 Å². The number of aromatic nitrogens is 2. The standard InChI is InChI=1S/C22H21N3O5/c1-4-29-19-11-14(9-10-18(19)28-3)22(27)30-13(2)20(26)15(12-23)21-24-16-7-5-6-8-17(16)25-21/h5-11,13,26H,4H2,1-3H3,(H,24,25)/b20-15-/t13-/m1/s1. The maximum atomic E-state index is 12.5. The van der Waals surface area contributed by atoms with E-state index >= 15 is 0 Å². The van der Waals surface area contributed by atoms with Crippen LogP contribution in [0.2, 0.25) is 0 Å². The smallest absolute Gasteiger partial charge is 0.338 e. The van der Waals surface area contributed by atoms with E-state index in [2.05, 4.69) is 9.97 Å². The zero-order valence-electron chi connectivity index (χ0n) is 16.8. The number of esters is 1. The van der Waals surface area contributed by atoms with Crippen LogP contribution in [-0.4, -0.2) is 40.9 Å². The van der Waals surface area contributed by atoms with E-state index in [4.69, 9.17) is 14.2 Å². The summed E-state index contributed by atoms with van der Waals surface area (Å²) in [6, 6.07) is 13.8. The van der Waals surface area contributed by atoms with Crippen molar-refractivity contribution in [3.63, 3.8) is 0 Å². The molecule has 8 heteroatoms. The molecule has 0 saturated carbocycles. The summed E-state index contributed by atoms with van der Waals surface area (Å²) in [6.45, 7) is 3.69. The molecule has 2 N–H and O–H groups in total. The van der Waals surface area contributed by atoms with Crippen molar-refractivity contribution in [2.24, 2.45) is 0 Å². The zero-order valence-corrected chi connectivity index (χ0v) is 16.8. The Morgan fingerprint density at radius 2 is 2.03 bits per heavy atom. The number of nitrogens with zero attached hydrogens (tertiary/aromatic N) is 2. The van der Waals surface area contributed by atoms with Gasteiger partial charge in [0.25, 0.3) is 0 Å². The van der Waals surface area contributed by atoms with Crippen LogP contribution in [-0.2, 0) is 4.74 Å². The first-order valence-electron chi connectivity index (χ1n) is 9.28. The van der Waals surface area contributed by atoms with E-state index in [9.17, 15) is 15.2 Å². The molecule has 0 fully saturated rings. The van der Waals surface area contributed by atoms with Crippen molar-refractivity contribution in [3.8, 4) is 17.6 Å². The monoisotopic (exact) mass is 407 g/mol. The first kappa shape index (κ1) is 20.7. The van der Waals surface area contributed by atoms with E-state index in [1.54, 1.807) is 18.2 Å². The Morgan fingerprint density at radius 1 is 1.27 bits per heavy atom. The number of H-pyrrole nitrogens is 1. The highest BCUT2D eigenvalue weighted by molar-refractivity contribution is 5.91. The van der Waals surface area contributed by atoms with Crippen molar-refractivity contribution in [1.82, 2.24) is 9.97 Å². The molecule has 0 amide bonds. The molecule has 1 heterocycles. The Morgan fingerprint density at radius 3 is 2.70 bits per heavy atom. The first-order chi connectivity index (χ1) is 14.5. The summed E-state index contributed by atoms with van der Waals surface area (Å²) < 4.78 is 16.0. The Bertz CT molecular complexity index is 1110. The summed E-state index contributed by atoms with van der Waals surface area (Å²) in [5, 5.41) is 20.1. The van der Waals surface area contributed by atoms with E-state index in [-0.39, 0.29) is 17.0 Å². The number of allylic oxidation sites excluding steroid dienone is 1. The molecule has 0 unspecified atom stereocenters. The van der Waals surface area contributed by atoms with Gasteiger partial charge in [-0.25, -0.2) is 9.78 Å². The largest absolute Gasteiger partial charge is 0.507 e. The minimum atomic E-state index is -1.07. The third kappa shape index (κ3) is 4.20. The second-order valence-corrected chi connectivity index (χ2v) is 6.32. The number of methoxy groups -OCH3 is 1. The summed E-state index contributed by atoms with van der Waals surface area (Å²) in [7, 11) is 1.50. The molecule has 0 aliphatic rings. The second-order valence-electron chi connectivity index (χ2n) is 6.32. The predicted octanol–water partition coefficient (Wildman–Crippen LogP) is 4.01. The van der Waals surface area contributed by atoms with E-state index in [1.807, 2.05) is 25.1 Å². The van der Waals surface area contributed by atoms with Crippen LogP contribution in [0.4, 0.5) is 0 Å². The van der Waals surface area contributed by atoms with Gasteiger partial charge in [0.15, 0.2) is 29.2 Å². The fraction of sp³-hybridized carbons (Fsp3) is 0.227. The number of carbonyl (C=O) groups is 1. The minimum Gasteiger partial charge on any atom is -0.507 e. The number of aliphatic hydroxyl groups excluding tert-OH is 1. The van der Waals surface area contributed by atoms with Gasteiger partial charge in [-0.3, -0.25) is 0 Å². The van der Waals surface area contributed by atoms with Gasteiger partial charge >= 0.3 is 5.97 Å². The Kier molecular flexibility index (Phi) is 6.23. The van der Waals surface area contributed by atoms with E-state index in [0.717, 1.165) is 5.52 Å². The molecule has 2 aromatic carbocycles. The molecule has 3 aromatic rings. The van der Waals surface area contributed by atoms with Crippen LogP contribution in [0.5, 0.6) is 11.5 Å². The summed E-state index contributed by atoms with van der Waals surface area (Å²) in [5.74, 6) is 0.00730. The fourth-order valence-corrected chi connectivity index (χ4v) is 2.86. The lowest BCUT2D eigenvalue weighted by Gasteiger charge is -2.15.